The monoisotopic (exact) mass is 379 g/mol. The predicted octanol–water partition coefficient (Wildman–Crippen LogP) is 3.99. The highest BCUT2D eigenvalue weighted by Gasteiger charge is 2.20. The second-order valence-electron chi connectivity index (χ2n) is 5.20. The van der Waals surface area contributed by atoms with E-state index < -0.39 is 17.8 Å². The second kappa shape index (κ2) is 7.16. The molecule has 1 heterocycles. The number of nitrogens with one attached hydrogen (secondary N) is 1. The van der Waals surface area contributed by atoms with E-state index in [1.165, 1.54) is 16.9 Å². The van der Waals surface area contributed by atoms with Crippen molar-refractivity contribution in [3.63, 3.8) is 0 Å². The number of tetrazole rings is 1. The molecule has 0 aliphatic carbocycles. The molecule has 1 N–H and O–H groups in total. The molecule has 128 valence electrons. The normalized spacial score (nSPS) is 12.0. The van der Waals surface area contributed by atoms with Crippen LogP contribution in [0.3, 0.4) is 0 Å². The first-order valence-electron chi connectivity index (χ1n) is 7.26. The van der Waals surface area contributed by atoms with E-state index in [9.17, 15) is 9.18 Å². The summed E-state index contributed by atoms with van der Waals surface area (Å²) in [5.74, 6) is -0.597. The second-order valence-corrected chi connectivity index (χ2v) is 6.02. The van der Waals surface area contributed by atoms with Crippen LogP contribution in [0.15, 0.2) is 42.5 Å². The van der Waals surface area contributed by atoms with Gasteiger partial charge in [0.1, 0.15) is 11.9 Å². The topological polar surface area (TPSA) is 72.7 Å². The van der Waals surface area contributed by atoms with E-state index in [0.29, 0.717) is 22.1 Å². The van der Waals surface area contributed by atoms with Crippen molar-refractivity contribution < 1.29 is 9.18 Å². The lowest BCUT2D eigenvalue weighted by Gasteiger charge is -2.11. The number of nitrogens with zero attached hydrogens (tertiary/aromatic N) is 4. The maximum Gasteiger partial charge on any atom is 0.250 e. The highest BCUT2D eigenvalue weighted by molar-refractivity contribution is 6.33. The van der Waals surface area contributed by atoms with Crippen LogP contribution in [0.5, 0.6) is 0 Å². The Morgan fingerprint density at radius 1 is 1.20 bits per heavy atom. The van der Waals surface area contributed by atoms with Gasteiger partial charge in [0, 0.05) is 5.56 Å². The predicted molar refractivity (Wildman–Crippen MR) is 93.0 cm³/mol. The molecule has 0 saturated carbocycles. The standard InChI is InChI=1S/C16H12Cl2FN5O/c1-9(16(25)20-14-7-6-10(19)8-13(14)18)24-22-15(21-23-24)11-4-2-3-5-12(11)17/h2-9H,1H3,(H,20,25)/t9-/m1/s1. The van der Waals surface area contributed by atoms with Gasteiger partial charge in [0.2, 0.25) is 5.82 Å². The quantitative estimate of drug-likeness (QED) is 0.743. The fraction of sp³-hybridized carbons (Fsp3) is 0.125. The molecule has 1 amide bonds. The van der Waals surface area contributed by atoms with Crippen LogP contribution >= 0.6 is 23.2 Å². The van der Waals surface area contributed by atoms with E-state index in [-0.39, 0.29) is 5.02 Å². The van der Waals surface area contributed by atoms with Gasteiger partial charge in [0.25, 0.3) is 5.91 Å². The first-order valence-corrected chi connectivity index (χ1v) is 8.01. The molecular formula is C16H12Cl2FN5O. The summed E-state index contributed by atoms with van der Waals surface area (Å²) >= 11 is 12.0. The van der Waals surface area contributed by atoms with Crippen LogP contribution in [-0.2, 0) is 4.79 Å². The lowest BCUT2D eigenvalue weighted by atomic mass is 10.2. The number of aromatic nitrogens is 4. The first kappa shape index (κ1) is 17.3. The molecule has 0 bridgehead atoms. The Kier molecular flexibility index (Phi) is 4.96. The number of benzene rings is 2. The zero-order chi connectivity index (χ0) is 18.0. The molecular weight excluding hydrogens is 368 g/mol. The fourth-order valence-corrected chi connectivity index (χ4v) is 2.51. The van der Waals surface area contributed by atoms with Crippen molar-refractivity contribution in [3.05, 3.63) is 58.3 Å². The molecule has 0 aliphatic rings. The molecule has 0 saturated heterocycles. The molecule has 1 aromatic heterocycles. The van der Waals surface area contributed by atoms with Crippen molar-refractivity contribution in [2.75, 3.05) is 5.32 Å². The molecule has 25 heavy (non-hydrogen) atoms. The average molecular weight is 380 g/mol. The molecule has 0 radical (unpaired) electrons. The molecule has 6 nitrogen and oxygen atoms in total. The maximum atomic E-state index is 13.1. The fourth-order valence-electron chi connectivity index (χ4n) is 2.07. The van der Waals surface area contributed by atoms with Crippen LogP contribution in [0, 0.1) is 5.82 Å². The Bertz CT molecular complexity index is 930. The van der Waals surface area contributed by atoms with Crippen molar-refractivity contribution in [1.29, 1.82) is 0 Å². The zero-order valence-corrected chi connectivity index (χ0v) is 14.5. The summed E-state index contributed by atoms with van der Waals surface area (Å²) < 4.78 is 13.1. The van der Waals surface area contributed by atoms with E-state index in [1.807, 2.05) is 0 Å². The summed E-state index contributed by atoms with van der Waals surface area (Å²) in [4.78, 5) is 13.5. The van der Waals surface area contributed by atoms with Gasteiger partial charge in [-0.1, -0.05) is 35.3 Å². The van der Waals surface area contributed by atoms with Crippen LogP contribution in [0.4, 0.5) is 10.1 Å². The number of carbonyl (C=O) groups is 1. The van der Waals surface area contributed by atoms with Gasteiger partial charge in [-0.3, -0.25) is 4.79 Å². The summed E-state index contributed by atoms with van der Waals surface area (Å²) in [6.07, 6.45) is 0. The number of rotatable bonds is 4. The number of amides is 1. The lowest BCUT2D eigenvalue weighted by molar-refractivity contribution is -0.119. The molecule has 3 aromatic rings. The maximum absolute atomic E-state index is 13.1. The number of hydrogen-bond acceptors (Lipinski definition) is 4. The summed E-state index contributed by atoms with van der Waals surface area (Å²) in [7, 11) is 0. The Labute approximate surface area is 152 Å². The third-order valence-corrected chi connectivity index (χ3v) is 4.10. The van der Waals surface area contributed by atoms with E-state index >= 15 is 0 Å². The van der Waals surface area contributed by atoms with Crippen molar-refractivity contribution in [3.8, 4) is 11.4 Å². The molecule has 1 atom stereocenters. The van der Waals surface area contributed by atoms with Crippen LogP contribution in [0.2, 0.25) is 10.0 Å². The van der Waals surface area contributed by atoms with Gasteiger partial charge in [-0.25, -0.2) is 4.39 Å². The zero-order valence-electron chi connectivity index (χ0n) is 12.9. The SMILES string of the molecule is C[C@H](C(=O)Nc1ccc(F)cc1Cl)n1nnc(-c2ccccc2Cl)n1. The van der Waals surface area contributed by atoms with Crippen molar-refractivity contribution in [1.82, 2.24) is 20.2 Å². The van der Waals surface area contributed by atoms with Crippen LogP contribution in [0.25, 0.3) is 11.4 Å². The van der Waals surface area contributed by atoms with Crippen LogP contribution in [0.1, 0.15) is 13.0 Å². The summed E-state index contributed by atoms with van der Waals surface area (Å²) in [5.41, 5.74) is 0.913. The Morgan fingerprint density at radius 2 is 1.96 bits per heavy atom. The van der Waals surface area contributed by atoms with E-state index in [2.05, 4.69) is 20.7 Å². The molecule has 0 aliphatic heterocycles. The minimum Gasteiger partial charge on any atom is -0.323 e. The average Bonchev–Trinajstić information content (AvgIpc) is 3.06. The Morgan fingerprint density at radius 3 is 2.68 bits per heavy atom. The molecule has 2 aromatic carbocycles. The minimum absolute atomic E-state index is 0.101. The number of carbonyl (C=O) groups excluding carboxylic acids is 1. The van der Waals surface area contributed by atoms with Gasteiger partial charge in [0.15, 0.2) is 0 Å². The Balaban J connectivity index is 1.78. The molecule has 3 rings (SSSR count). The number of anilines is 1. The molecule has 9 heteroatoms. The van der Waals surface area contributed by atoms with Crippen LogP contribution in [-0.4, -0.2) is 26.1 Å². The van der Waals surface area contributed by atoms with Gasteiger partial charge in [-0.15, -0.1) is 10.2 Å². The Hall–Kier alpha value is -2.51. The van der Waals surface area contributed by atoms with Gasteiger partial charge in [-0.2, -0.15) is 4.80 Å². The third-order valence-electron chi connectivity index (χ3n) is 3.46. The molecule has 0 unspecified atom stereocenters. The van der Waals surface area contributed by atoms with Crippen molar-refractivity contribution in [2.24, 2.45) is 0 Å². The van der Waals surface area contributed by atoms with Crippen molar-refractivity contribution >= 4 is 34.8 Å². The minimum atomic E-state index is -0.759. The number of halogens is 3. The third kappa shape index (κ3) is 3.78. The smallest absolute Gasteiger partial charge is 0.250 e. The summed E-state index contributed by atoms with van der Waals surface area (Å²) in [5, 5.41) is 15.2. The molecule has 0 fully saturated rings. The van der Waals surface area contributed by atoms with E-state index in [1.54, 1.807) is 31.2 Å². The van der Waals surface area contributed by atoms with Gasteiger partial charge in [0.05, 0.1) is 15.7 Å². The van der Waals surface area contributed by atoms with Gasteiger partial charge < -0.3 is 5.32 Å². The lowest BCUT2D eigenvalue weighted by Crippen LogP contribution is -2.25. The van der Waals surface area contributed by atoms with E-state index in [0.717, 1.165) is 6.07 Å². The molecule has 0 spiro atoms. The number of hydrogen-bond donors (Lipinski definition) is 1. The summed E-state index contributed by atoms with van der Waals surface area (Å²) in [6, 6.07) is 10.0. The summed E-state index contributed by atoms with van der Waals surface area (Å²) in [6.45, 7) is 1.60. The van der Waals surface area contributed by atoms with Gasteiger partial charge >= 0.3 is 0 Å². The highest BCUT2D eigenvalue weighted by Crippen LogP contribution is 2.25. The van der Waals surface area contributed by atoms with Gasteiger partial charge in [-0.05, 0) is 42.5 Å². The highest BCUT2D eigenvalue weighted by atomic mass is 35.5. The largest absolute Gasteiger partial charge is 0.323 e. The van der Waals surface area contributed by atoms with Crippen LogP contribution < -0.4 is 5.32 Å². The van der Waals surface area contributed by atoms with E-state index in [4.69, 9.17) is 23.2 Å². The first-order chi connectivity index (χ1) is 12.0. The van der Waals surface area contributed by atoms with Crippen molar-refractivity contribution in [2.45, 2.75) is 13.0 Å².